The van der Waals surface area contributed by atoms with Gasteiger partial charge in [-0.3, -0.25) is 4.79 Å². The molecule has 128 valence electrons. The topological polar surface area (TPSA) is 56.1 Å². The molecule has 0 radical (unpaired) electrons. The first-order chi connectivity index (χ1) is 12.2. The number of rotatable bonds is 4. The van der Waals surface area contributed by atoms with Crippen LogP contribution < -0.4 is 10.1 Å². The third-order valence-corrected chi connectivity index (χ3v) is 4.83. The molecule has 0 amide bonds. The third-order valence-electron chi connectivity index (χ3n) is 4.54. The first kappa shape index (κ1) is 16.1. The van der Waals surface area contributed by atoms with Crippen LogP contribution in [0.5, 0.6) is 5.75 Å². The summed E-state index contributed by atoms with van der Waals surface area (Å²) >= 11 is 5.99. The van der Waals surface area contributed by atoms with Crippen molar-refractivity contribution in [3.63, 3.8) is 0 Å². The van der Waals surface area contributed by atoms with E-state index in [1.165, 1.54) is 0 Å². The van der Waals surface area contributed by atoms with Crippen molar-refractivity contribution in [2.75, 3.05) is 19.7 Å². The van der Waals surface area contributed by atoms with Gasteiger partial charge in [-0.05, 0) is 29.7 Å². The number of nitrogens with zero attached hydrogens (tertiary/aromatic N) is 2. The molecule has 0 aliphatic carbocycles. The van der Waals surface area contributed by atoms with Crippen molar-refractivity contribution in [2.45, 2.75) is 12.5 Å². The number of carbonyl (C=O) groups is 1. The molecule has 4 rings (SSSR count). The maximum atomic E-state index is 12.8. The van der Waals surface area contributed by atoms with Crippen molar-refractivity contribution in [3.05, 3.63) is 59.5 Å². The number of benzene rings is 1. The van der Waals surface area contributed by atoms with Crippen molar-refractivity contribution in [3.8, 4) is 5.75 Å². The number of nitrogens with one attached hydrogen (secondary N) is 1. The molecule has 0 bridgehead atoms. The summed E-state index contributed by atoms with van der Waals surface area (Å²) in [5.41, 5.74) is 2.20. The van der Waals surface area contributed by atoms with Crippen molar-refractivity contribution >= 4 is 28.3 Å². The number of halogens is 1. The second-order valence-electron chi connectivity index (χ2n) is 6.08. The Bertz CT molecular complexity index is 922. The lowest BCUT2D eigenvalue weighted by Gasteiger charge is -2.15. The van der Waals surface area contributed by atoms with E-state index in [1.54, 1.807) is 18.3 Å². The number of Topliss-reactive ketones (excluding diaryl/α,β-unsaturated/α-hetero) is 1. The minimum absolute atomic E-state index is 0.0263. The van der Waals surface area contributed by atoms with Gasteiger partial charge < -0.3 is 14.6 Å². The normalized spacial score (nSPS) is 17.1. The van der Waals surface area contributed by atoms with Crippen LogP contribution in [0, 0.1) is 0 Å². The largest absolute Gasteiger partial charge is 0.483 e. The van der Waals surface area contributed by atoms with Crippen molar-refractivity contribution < 1.29 is 9.53 Å². The maximum Gasteiger partial charge on any atom is 0.180 e. The molecule has 2 aromatic heterocycles. The zero-order valence-corrected chi connectivity index (χ0v) is 14.4. The maximum absolute atomic E-state index is 12.8. The second-order valence-corrected chi connectivity index (χ2v) is 6.44. The number of ether oxygens (including phenoxy) is 1. The number of fused-ring (bicyclic) bond motifs is 3. The third kappa shape index (κ3) is 3.13. The minimum Gasteiger partial charge on any atom is -0.483 e. The molecule has 1 atom stereocenters. The molecule has 0 spiro atoms. The standard InChI is InChI=1S/C19H18ClN3O2/c20-19-18(6-3-7-22-19)25-12-17(24)14-11-21-8-9-23-15-5-2-1-4-13(15)10-16(14)23/h1-7,10,14,21H,8-9,11-12H2. The van der Waals surface area contributed by atoms with E-state index in [0.29, 0.717) is 12.3 Å². The average molecular weight is 356 g/mol. The highest BCUT2D eigenvalue weighted by molar-refractivity contribution is 6.30. The lowest BCUT2D eigenvalue weighted by Crippen LogP contribution is -2.28. The summed E-state index contributed by atoms with van der Waals surface area (Å²) in [7, 11) is 0. The van der Waals surface area contributed by atoms with E-state index in [1.807, 2.05) is 12.1 Å². The number of hydrogen-bond acceptors (Lipinski definition) is 4. The molecular formula is C19H18ClN3O2. The number of para-hydroxylation sites is 1. The van der Waals surface area contributed by atoms with Crippen molar-refractivity contribution in [1.82, 2.24) is 14.9 Å². The molecular weight excluding hydrogens is 338 g/mol. The van der Waals surface area contributed by atoms with Gasteiger partial charge in [-0.15, -0.1) is 0 Å². The van der Waals surface area contributed by atoms with Crippen molar-refractivity contribution in [2.24, 2.45) is 0 Å². The van der Waals surface area contributed by atoms with Gasteiger partial charge in [0.1, 0.15) is 6.61 Å². The lowest BCUT2D eigenvalue weighted by molar-refractivity contribution is -0.122. The number of hydrogen-bond donors (Lipinski definition) is 1. The van der Waals surface area contributed by atoms with Crippen LogP contribution in [0.1, 0.15) is 11.6 Å². The van der Waals surface area contributed by atoms with Gasteiger partial charge in [-0.25, -0.2) is 4.98 Å². The molecule has 5 nitrogen and oxygen atoms in total. The summed E-state index contributed by atoms with van der Waals surface area (Å²) in [6.07, 6.45) is 1.59. The highest BCUT2D eigenvalue weighted by Crippen LogP contribution is 2.28. The van der Waals surface area contributed by atoms with Crippen LogP contribution in [0.2, 0.25) is 5.15 Å². The Hall–Kier alpha value is -2.37. The highest BCUT2D eigenvalue weighted by Gasteiger charge is 2.27. The zero-order chi connectivity index (χ0) is 17.2. The van der Waals surface area contributed by atoms with E-state index in [4.69, 9.17) is 16.3 Å². The van der Waals surface area contributed by atoms with Gasteiger partial charge in [0, 0.05) is 37.0 Å². The summed E-state index contributed by atoms with van der Waals surface area (Å²) in [5.74, 6) is 0.211. The Morgan fingerprint density at radius 1 is 1.32 bits per heavy atom. The van der Waals surface area contributed by atoms with Crippen molar-refractivity contribution in [1.29, 1.82) is 0 Å². The molecule has 1 aliphatic heterocycles. The Labute approximate surface area is 150 Å². The molecule has 0 saturated carbocycles. The van der Waals surface area contributed by atoms with Crippen LogP contribution in [0.15, 0.2) is 48.7 Å². The van der Waals surface area contributed by atoms with E-state index < -0.39 is 0 Å². The lowest BCUT2D eigenvalue weighted by atomic mass is 10.0. The number of carbonyl (C=O) groups excluding carboxylic acids is 1. The van der Waals surface area contributed by atoms with Gasteiger partial charge in [0.25, 0.3) is 0 Å². The van der Waals surface area contributed by atoms with E-state index in [2.05, 4.69) is 33.1 Å². The molecule has 0 saturated heterocycles. The second kappa shape index (κ2) is 6.86. The summed E-state index contributed by atoms with van der Waals surface area (Å²) in [4.78, 5) is 16.8. The summed E-state index contributed by atoms with van der Waals surface area (Å²) in [6, 6.07) is 13.8. The van der Waals surface area contributed by atoms with E-state index in [-0.39, 0.29) is 23.5 Å². The fraction of sp³-hybridized carbons (Fsp3) is 0.263. The quantitative estimate of drug-likeness (QED) is 0.731. The van der Waals surface area contributed by atoms with Gasteiger partial charge in [-0.1, -0.05) is 29.8 Å². The molecule has 25 heavy (non-hydrogen) atoms. The summed E-state index contributed by atoms with van der Waals surface area (Å²) in [6.45, 7) is 2.27. The Balaban J connectivity index is 1.60. The molecule has 1 aliphatic rings. The van der Waals surface area contributed by atoms with Gasteiger partial charge >= 0.3 is 0 Å². The molecule has 1 aromatic carbocycles. The predicted octanol–water partition coefficient (Wildman–Crippen LogP) is 3.02. The van der Waals surface area contributed by atoms with Crippen LogP contribution in [-0.4, -0.2) is 35.0 Å². The molecule has 3 aromatic rings. The number of ketones is 1. The van der Waals surface area contributed by atoms with Crippen LogP contribution >= 0.6 is 11.6 Å². The van der Waals surface area contributed by atoms with Crippen LogP contribution in [0.4, 0.5) is 0 Å². The monoisotopic (exact) mass is 355 g/mol. The van der Waals surface area contributed by atoms with E-state index >= 15 is 0 Å². The molecule has 3 heterocycles. The Morgan fingerprint density at radius 2 is 2.20 bits per heavy atom. The molecule has 1 unspecified atom stereocenters. The van der Waals surface area contributed by atoms with Crippen LogP contribution in [0.3, 0.4) is 0 Å². The summed E-state index contributed by atoms with van der Waals surface area (Å²) < 4.78 is 7.83. The fourth-order valence-corrected chi connectivity index (χ4v) is 3.49. The minimum atomic E-state index is -0.245. The highest BCUT2D eigenvalue weighted by atomic mass is 35.5. The number of aromatic nitrogens is 2. The summed E-state index contributed by atoms with van der Waals surface area (Å²) in [5, 5.41) is 4.78. The molecule has 0 fully saturated rings. The first-order valence-electron chi connectivity index (χ1n) is 8.29. The molecule has 6 heteroatoms. The first-order valence-corrected chi connectivity index (χ1v) is 8.67. The van der Waals surface area contributed by atoms with Crippen LogP contribution in [-0.2, 0) is 11.3 Å². The fourth-order valence-electron chi connectivity index (χ4n) is 3.32. The van der Waals surface area contributed by atoms with Gasteiger partial charge in [0.2, 0.25) is 0 Å². The Kier molecular flexibility index (Phi) is 4.42. The van der Waals surface area contributed by atoms with Gasteiger partial charge in [0.15, 0.2) is 16.7 Å². The van der Waals surface area contributed by atoms with E-state index in [9.17, 15) is 4.79 Å². The van der Waals surface area contributed by atoms with Crippen LogP contribution in [0.25, 0.3) is 10.9 Å². The smallest absolute Gasteiger partial charge is 0.180 e. The molecule has 1 N–H and O–H groups in total. The SMILES string of the molecule is O=C(COc1cccnc1Cl)C1CNCCn2c1cc1ccccc12. The average Bonchev–Trinajstić information content (AvgIpc) is 2.86. The zero-order valence-electron chi connectivity index (χ0n) is 13.6. The van der Waals surface area contributed by atoms with Gasteiger partial charge in [0.05, 0.1) is 5.92 Å². The van der Waals surface area contributed by atoms with E-state index in [0.717, 1.165) is 29.7 Å². The number of pyridine rings is 1. The Morgan fingerprint density at radius 3 is 3.08 bits per heavy atom. The predicted molar refractivity (Wildman–Crippen MR) is 97.3 cm³/mol. The van der Waals surface area contributed by atoms with Gasteiger partial charge in [-0.2, -0.15) is 0 Å².